The second-order valence-corrected chi connectivity index (χ2v) is 7.93. The smallest absolute Gasteiger partial charge is 0.324 e. The van der Waals surface area contributed by atoms with Crippen LogP contribution in [0.1, 0.15) is 26.3 Å². The summed E-state index contributed by atoms with van der Waals surface area (Å²) in [6, 6.07) is 10.3. The monoisotopic (exact) mass is 418 g/mol. The largest absolute Gasteiger partial charge is 0.497 e. The Morgan fingerprint density at radius 2 is 1.47 bits per heavy atom. The summed E-state index contributed by atoms with van der Waals surface area (Å²) < 4.78 is 0. The number of nitro groups is 3. The molecular formula is C19H22N4O7. The fourth-order valence-corrected chi connectivity index (χ4v) is 3.40. The average Bonchev–Trinajstić information content (AvgIpc) is 2.99. The number of benzene rings is 2. The van der Waals surface area contributed by atoms with Gasteiger partial charge >= 0.3 is 11.4 Å². The third-order valence-corrected chi connectivity index (χ3v) is 4.91. The zero-order valence-corrected chi connectivity index (χ0v) is 16.9. The maximum Gasteiger partial charge on any atom is 0.324 e. The zero-order chi connectivity index (χ0) is 22.8. The van der Waals surface area contributed by atoms with Crippen LogP contribution in [-0.4, -0.2) is 33.0 Å². The second-order valence-electron chi connectivity index (χ2n) is 7.93. The van der Waals surface area contributed by atoms with Gasteiger partial charge in [-0.25, -0.2) is 0 Å². The number of non-ortho nitro benzene ring substituents is 1. The third-order valence-electron chi connectivity index (χ3n) is 4.91. The van der Waals surface area contributed by atoms with E-state index in [1.807, 2.05) is 0 Å². The molecular weight excluding hydrogens is 396 g/mol. The molecule has 2 aromatic carbocycles. The number of hydrogen-bond acceptors (Lipinski definition) is 8. The number of para-hydroxylation sites is 1. The highest BCUT2D eigenvalue weighted by Crippen LogP contribution is 2.39. The number of nitrogens with zero attached hydrogens (tertiary/aromatic N) is 4. The minimum absolute atomic E-state index is 0.355. The summed E-state index contributed by atoms with van der Waals surface area (Å²) in [7, 11) is 2.21. The molecule has 1 N–H and O–H groups in total. The van der Waals surface area contributed by atoms with Crippen LogP contribution in [0.15, 0.2) is 36.4 Å². The fourth-order valence-electron chi connectivity index (χ4n) is 3.40. The molecule has 30 heavy (non-hydrogen) atoms. The molecule has 1 aliphatic heterocycles. The van der Waals surface area contributed by atoms with E-state index in [4.69, 9.17) is 5.11 Å². The number of phenols is 1. The number of likely N-dealkylation sites (N-methyl/N-ethyl adjacent to an activating group) is 1. The number of phenolic OH excluding ortho intramolecular Hbond substituents is 1. The molecule has 11 nitrogen and oxygen atoms in total. The van der Waals surface area contributed by atoms with Gasteiger partial charge in [-0.05, 0) is 23.5 Å². The quantitative estimate of drug-likeness (QED) is 0.574. The minimum atomic E-state index is -1.21. The van der Waals surface area contributed by atoms with Crippen LogP contribution in [0.25, 0.3) is 0 Å². The topological polar surface area (TPSA) is 153 Å². The molecule has 0 aromatic heterocycles. The van der Waals surface area contributed by atoms with Crippen molar-refractivity contribution in [3.8, 4) is 5.75 Å². The van der Waals surface area contributed by atoms with Crippen molar-refractivity contribution in [1.82, 2.24) is 0 Å². The Balaban J connectivity index is 0.000000215. The lowest BCUT2D eigenvalue weighted by Gasteiger charge is -2.34. The summed E-state index contributed by atoms with van der Waals surface area (Å²) in [5.41, 5.74) is 0.258. The molecule has 2 aromatic rings. The molecule has 0 fully saturated rings. The molecule has 11 heteroatoms. The van der Waals surface area contributed by atoms with Gasteiger partial charge in [0.2, 0.25) is 0 Å². The van der Waals surface area contributed by atoms with Gasteiger partial charge in [0.05, 0.1) is 26.9 Å². The van der Waals surface area contributed by atoms with Gasteiger partial charge < -0.3 is 10.0 Å². The van der Waals surface area contributed by atoms with Crippen molar-refractivity contribution in [3.63, 3.8) is 0 Å². The zero-order valence-electron chi connectivity index (χ0n) is 16.9. The van der Waals surface area contributed by atoms with Gasteiger partial charge in [0.25, 0.3) is 11.4 Å². The number of anilines is 1. The van der Waals surface area contributed by atoms with Gasteiger partial charge in [-0.3, -0.25) is 30.3 Å². The van der Waals surface area contributed by atoms with E-state index < -0.39 is 37.6 Å². The third kappa shape index (κ3) is 4.62. The lowest BCUT2D eigenvalue weighted by Crippen LogP contribution is -2.39. The molecule has 1 aliphatic rings. The van der Waals surface area contributed by atoms with Crippen molar-refractivity contribution in [2.24, 2.45) is 5.41 Å². The van der Waals surface area contributed by atoms with E-state index in [9.17, 15) is 30.3 Å². The van der Waals surface area contributed by atoms with Crippen molar-refractivity contribution >= 4 is 22.7 Å². The van der Waals surface area contributed by atoms with Crippen molar-refractivity contribution in [2.45, 2.75) is 33.2 Å². The number of rotatable bonds is 3. The Labute approximate surface area is 172 Å². The summed E-state index contributed by atoms with van der Waals surface area (Å²) >= 11 is 0. The summed E-state index contributed by atoms with van der Waals surface area (Å²) in [5, 5.41) is 40.2. The molecule has 3 rings (SSSR count). The molecule has 1 heterocycles. The molecule has 1 atom stereocenters. The van der Waals surface area contributed by atoms with Crippen molar-refractivity contribution in [3.05, 3.63) is 72.3 Å². The van der Waals surface area contributed by atoms with Crippen molar-refractivity contribution in [2.75, 3.05) is 11.9 Å². The van der Waals surface area contributed by atoms with E-state index in [0.717, 1.165) is 0 Å². The normalized spacial score (nSPS) is 15.1. The molecule has 0 amide bonds. The highest BCUT2D eigenvalue weighted by atomic mass is 16.6. The molecule has 0 saturated carbocycles. The lowest BCUT2D eigenvalue weighted by molar-refractivity contribution is -0.404. The van der Waals surface area contributed by atoms with Crippen LogP contribution >= 0.6 is 0 Å². The van der Waals surface area contributed by atoms with E-state index >= 15 is 0 Å². The van der Waals surface area contributed by atoms with Crippen LogP contribution in [0.5, 0.6) is 5.75 Å². The van der Waals surface area contributed by atoms with E-state index in [-0.39, 0.29) is 0 Å². The van der Waals surface area contributed by atoms with Crippen LogP contribution < -0.4 is 4.90 Å². The Kier molecular flexibility index (Phi) is 6.24. The maximum atomic E-state index is 10.4. The predicted molar refractivity (Wildman–Crippen MR) is 110 cm³/mol. The van der Waals surface area contributed by atoms with Gasteiger partial charge in [0, 0.05) is 18.8 Å². The van der Waals surface area contributed by atoms with Gasteiger partial charge in [0.1, 0.15) is 0 Å². The maximum absolute atomic E-state index is 10.4. The first-order chi connectivity index (χ1) is 13.8. The summed E-state index contributed by atoms with van der Waals surface area (Å²) in [5.74, 6) is -1.21. The van der Waals surface area contributed by atoms with E-state index in [0.29, 0.717) is 23.6 Å². The molecule has 0 radical (unpaired) electrons. The predicted octanol–water partition coefficient (Wildman–Crippen LogP) is 4.21. The van der Waals surface area contributed by atoms with Gasteiger partial charge in [-0.2, -0.15) is 0 Å². The molecule has 0 saturated heterocycles. The first kappa shape index (κ1) is 22.5. The Morgan fingerprint density at radius 3 is 1.87 bits per heavy atom. The Morgan fingerprint density at radius 1 is 0.967 bits per heavy atom. The number of fused-ring (bicyclic) bond motifs is 1. The van der Waals surface area contributed by atoms with Gasteiger partial charge in [0.15, 0.2) is 0 Å². The Bertz CT molecular complexity index is 966. The highest BCUT2D eigenvalue weighted by Gasteiger charge is 2.34. The van der Waals surface area contributed by atoms with Gasteiger partial charge in [-0.1, -0.05) is 39.0 Å². The Hall–Kier alpha value is -3.76. The summed E-state index contributed by atoms with van der Waals surface area (Å²) in [6.07, 6.45) is 1.19. The first-order valence-electron chi connectivity index (χ1n) is 8.95. The van der Waals surface area contributed by atoms with Crippen LogP contribution in [0.2, 0.25) is 0 Å². The van der Waals surface area contributed by atoms with Crippen LogP contribution in [0, 0.1) is 35.8 Å². The average molecular weight is 418 g/mol. The van der Waals surface area contributed by atoms with Crippen LogP contribution in [0.4, 0.5) is 22.7 Å². The number of hydrogen-bond donors (Lipinski definition) is 1. The van der Waals surface area contributed by atoms with E-state index in [2.05, 4.69) is 57.0 Å². The van der Waals surface area contributed by atoms with Crippen LogP contribution in [0.3, 0.4) is 0 Å². The molecule has 160 valence electrons. The number of aromatic hydroxyl groups is 1. The van der Waals surface area contributed by atoms with E-state index in [1.165, 1.54) is 17.7 Å². The second kappa shape index (κ2) is 8.31. The van der Waals surface area contributed by atoms with E-state index in [1.54, 1.807) is 0 Å². The minimum Gasteiger partial charge on any atom is -0.497 e. The summed E-state index contributed by atoms with van der Waals surface area (Å²) in [6.45, 7) is 6.96. The SMILES string of the molecule is CN1c2ccccc2CC1C(C)(C)C.O=[N+]([O-])c1cc([N+](=O)[O-])c(O)c([N+](=O)[O-])c1. The standard InChI is InChI=1S/C13H19N.C6H3N3O7/c1-13(2,3)12-9-10-7-5-6-8-11(10)14(12)4;10-6-4(8(13)14)1-3(7(11)12)2-5(6)9(15)16/h5-8,12H,9H2,1-4H3;1-2,10H. The first-order valence-corrected chi connectivity index (χ1v) is 8.95. The van der Waals surface area contributed by atoms with Crippen molar-refractivity contribution < 1.29 is 19.9 Å². The molecule has 0 spiro atoms. The van der Waals surface area contributed by atoms with Crippen molar-refractivity contribution in [1.29, 1.82) is 0 Å². The molecule has 1 unspecified atom stereocenters. The van der Waals surface area contributed by atoms with Gasteiger partial charge in [-0.15, -0.1) is 0 Å². The lowest BCUT2D eigenvalue weighted by atomic mass is 9.84. The highest BCUT2D eigenvalue weighted by molar-refractivity contribution is 5.64. The van der Waals surface area contributed by atoms with Crippen LogP contribution in [-0.2, 0) is 6.42 Å². The number of nitro benzene ring substituents is 3. The molecule has 0 bridgehead atoms. The molecule has 0 aliphatic carbocycles. The fraction of sp³-hybridized carbons (Fsp3) is 0.368. The summed E-state index contributed by atoms with van der Waals surface area (Å²) in [4.78, 5) is 30.2.